The van der Waals surface area contributed by atoms with Gasteiger partial charge in [-0.1, -0.05) is 18.2 Å². The topological polar surface area (TPSA) is 61.4 Å². The first-order chi connectivity index (χ1) is 11.0. The van der Waals surface area contributed by atoms with E-state index in [9.17, 15) is 9.59 Å². The first-order valence-corrected chi connectivity index (χ1v) is 8.43. The molecule has 2 fully saturated rings. The van der Waals surface area contributed by atoms with Crippen molar-refractivity contribution < 1.29 is 9.59 Å². The smallest absolute Gasteiger partial charge is 0.251 e. The summed E-state index contributed by atoms with van der Waals surface area (Å²) in [7, 11) is 1.86. The average molecular weight is 352 g/mol. The Morgan fingerprint density at radius 1 is 1.17 bits per heavy atom. The maximum absolute atomic E-state index is 12.6. The molecule has 24 heavy (non-hydrogen) atoms. The van der Waals surface area contributed by atoms with Crippen LogP contribution in [0.5, 0.6) is 0 Å². The Morgan fingerprint density at radius 3 is 2.33 bits per heavy atom. The quantitative estimate of drug-likeness (QED) is 0.871. The molecule has 0 aliphatic carbocycles. The highest BCUT2D eigenvalue weighted by Crippen LogP contribution is 2.29. The van der Waals surface area contributed by atoms with Gasteiger partial charge in [0.2, 0.25) is 5.91 Å². The first-order valence-electron chi connectivity index (χ1n) is 8.43. The van der Waals surface area contributed by atoms with Crippen molar-refractivity contribution in [1.29, 1.82) is 0 Å². The number of carbonyl (C=O) groups excluding carboxylic acids is 2. The van der Waals surface area contributed by atoms with Gasteiger partial charge in [0.25, 0.3) is 5.91 Å². The third kappa shape index (κ3) is 4.08. The predicted molar refractivity (Wildman–Crippen MR) is 96.4 cm³/mol. The SMILES string of the molecule is CC(NC(=O)c1ccccc1)C(=O)N(C)C1CC2CCC(C1)N2.Cl. The first kappa shape index (κ1) is 18.7. The molecule has 2 aliphatic rings. The highest BCUT2D eigenvalue weighted by Gasteiger charge is 2.37. The number of rotatable bonds is 4. The molecule has 1 aromatic carbocycles. The maximum Gasteiger partial charge on any atom is 0.251 e. The van der Waals surface area contributed by atoms with Crippen LogP contribution in [-0.2, 0) is 4.79 Å². The zero-order valence-corrected chi connectivity index (χ0v) is 15.0. The summed E-state index contributed by atoms with van der Waals surface area (Å²) in [5.74, 6) is -0.217. The molecule has 2 aliphatic heterocycles. The fourth-order valence-corrected chi connectivity index (χ4v) is 3.76. The highest BCUT2D eigenvalue weighted by molar-refractivity contribution is 5.97. The van der Waals surface area contributed by atoms with Crippen LogP contribution in [0.3, 0.4) is 0 Å². The van der Waals surface area contributed by atoms with Gasteiger partial charge in [0.15, 0.2) is 0 Å². The Kier molecular flexibility index (Phi) is 6.24. The van der Waals surface area contributed by atoms with Crippen molar-refractivity contribution in [2.75, 3.05) is 7.05 Å². The van der Waals surface area contributed by atoms with E-state index in [0.29, 0.717) is 17.6 Å². The van der Waals surface area contributed by atoms with E-state index in [2.05, 4.69) is 10.6 Å². The van der Waals surface area contributed by atoms with Crippen LogP contribution < -0.4 is 10.6 Å². The molecule has 0 saturated carbocycles. The Balaban J connectivity index is 0.00000208. The number of fused-ring (bicyclic) bond motifs is 2. The number of nitrogens with zero attached hydrogens (tertiary/aromatic N) is 1. The zero-order chi connectivity index (χ0) is 16.4. The van der Waals surface area contributed by atoms with E-state index in [-0.39, 0.29) is 30.3 Å². The van der Waals surface area contributed by atoms with Crippen LogP contribution in [0.25, 0.3) is 0 Å². The second kappa shape index (κ2) is 7.99. The van der Waals surface area contributed by atoms with Gasteiger partial charge >= 0.3 is 0 Å². The molecule has 2 N–H and O–H groups in total. The third-order valence-electron chi connectivity index (χ3n) is 5.10. The molecular formula is C18H26ClN3O2. The van der Waals surface area contributed by atoms with Crippen LogP contribution in [0.2, 0.25) is 0 Å². The summed E-state index contributed by atoms with van der Waals surface area (Å²) in [6.45, 7) is 1.76. The Labute approximate surface area is 149 Å². The maximum atomic E-state index is 12.6. The van der Waals surface area contributed by atoms with E-state index in [1.165, 1.54) is 12.8 Å². The number of carbonyl (C=O) groups is 2. The number of hydrogen-bond donors (Lipinski definition) is 2. The van der Waals surface area contributed by atoms with E-state index >= 15 is 0 Å². The molecule has 3 unspecified atom stereocenters. The number of halogens is 1. The lowest BCUT2D eigenvalue weighted by Gasteiger charge is -2.36. The molecule has 3 atom stereocenters. The van der Waals surface area contributed by atoms with Crippen LogP contribution in [0.15, 0.2) is 30.3 Å². The fourth-order valence-electron chi connectivity index (χ4n) is 3.76. The number of likely N-dealkylation sites (N-methyl/N-ethyl adjacent to an activating group) is 1. The van der Waals surface area contributed by atoms with Gasteiger partial charge in [0.1, 0.15) is 6.04 Å². The van der Waals surface area contributed by atoms with Gasteiger partial charge in [-0.05, 0) is 44.7 Å². The molecule has 0 spiro atoms. The van der Waals surface area contributed by atoms with Gasteiger partial charge in [-0.2, -0.15) is 0 Å². The largest absolute Gasteiger partial charge is 0.341 e. The summed E-state index contributed by atoms with van der Waals surface area (Å²) >= 11 is 0. The van der Waals surface area contributed by atoms with Crippen molar-refractivity contribution in [1.82, 2.24) is 15.5 Å². The van der Waals surface area contributed by atoms with Crippen molar-refractivity contribution in [2.45, 2.75) is 56.8 Å². The summed E-state index contributed by atoms with van der Waals surface area (Å²) in [5, 5.41) is 6.40. The van der Waals surface area contributed by atoms with Crippen LogP contribution in [0.4, 0.5) is 0 Å². The van der Waals surface area contributed by atoms with Gasteiger partial charge in [-0.3, -0.25) is 9.59 Å². The highest BCUT2D eigenvalue weighted by atomic mass is 35.5. The molecule has 2 saturated heterocycles. The second-order valence-corrected chi connectivity index (χ2v) is 6.77. The minimum absolute atomic E-state index is 0. The minimum atomic E-state index is -0.514. The summed E-state index contributed by atoms with van der Waals surface area (Å²) in [4.78, 5) is 26.6. The molecule has 2 amide bonds. The Hall–Kier alpha value is -1.59. The summed E-state index contributed by atoms with van der Waals surface area (Å²) < 4.78 is 0. The molecular weight excluding hydrogens is 326 g/mol. The monoisotopic (exact) mass is 351 g/mol. The number of nitrogens with one attached hydrogen (secondary N) is 2. The summed E-state index contributed by atoms with van der Waals surface area (Å²) in [6, 6.07) is 9.85. The van der Waals surface area contributed by atoms with Crippen molar-refractivity contribution in [3.63, 3.8) is 0 Å². The lowest BCUT2D eigenvalue weighted by molar-refractivity contribution is -0.134. The van der Waals surface area contributed by atoms with E-state index in [1.807, 2.05) is 30.1 Å². The Bertz CT molecular complexity index is 569. The van der Waals surface area contributed by atoms with Crippen molar-refractivity contribution in [2.24, 2.45) is 0 Å². The standard InChI is InChI=1S/C18H25N3O2.ClH/c1-12(19-17(22)13-6-4-3-5-7-13)18(23)21(2)16-10-14-8-9-15(11-16)20-14;/h3-7,12,14-16,20H,8-11H2,1-2H3,(H,19,22);1H. The molecule has 132 valence electrons. The molecule has 0 radical (unpaired) electrons. The van der Waals surface area contributed by atoms with E-state index in [4.69, 9.17) is 0 Å². The molecule has 0 aromatic heterocycles. The van der Waals surface area contributed by atoms with Gasteiger partial charge in [0.05, 0.1) is 0 Å². The van der Waals surface area contributed by atoms with Gasteiger partial charge in [-0.15, -0.1) is 12.4 Å². The van der Waals surface area contributed by atoms with Crippen molar-refractivity contribution in [3.8, 4) is 0 Å². The van der Waals surface area contributed by atoms with Gasteiger partial charge in [-0.25, -0.2) is 0 Å². The number of hydrogen-bond acceptors (Lipinski definition) is 3. The lowest BCUT2D eigenvalue weighted by Crippen LogP contribution is -2.53. The van der Waals surface area contributed by atoms with Crippen LogP contribution in [0, 0.1) is 0 Å². The number of piperidine rings is 1. The van der Waals surface area contributed by atoms with E-state index in [1.54, 1.807) is 19.1 Å². The van der Waals surface area contributed by atoms with Crippen LogP contribution in [0.1, 0.15) is 43.0 Å². The number of amides is 2. The van der Waals surface area contributed by atoms with Gasteiger partial charge < -0.3 is 15.5 Å². The normalized spacial score (nSPS) is 26.2. The minimum Gasteiger partial charge on any atom is -0.341 e. The van der Waals surface area contributed by atoms with Crippen molar-refractivity contribution >= 4 is 24.2 Å². The zero-order valence-electron chi connectivity index (χ0n) is 14.2. The molecule has 5 nitrogen and oxygen atoms in total. The average Bonchev–Trinajstić information content (AvgIpc) is 2.92. The predicted octanol–water partition coefficient (Wildman–Crippen LogP) is 1.97. The lowest BCUT2D eigenvalue weighted by atomic mass is 9.98. The molecule has 3 rings (SSSR count). The molecule has 6 heteroatoms. The molecule has 1 aromatic rings. The fraction of sp³-hybridized carbons (Fsp3) is 0.556. The molecule has 2 bridgehead atoms. The summed E-state index contributed by atoms with van der Waals surface area (Å²) in [5.41, 5.74) is 0.578. The van der Waals surface area contributed by atoms with Crippen molar-refractivity contribution in [3.05, 3.63) is 35.9 Å². The second-order valence-electron chi connectivity index (χ2n) is 6.77. The third-order valence-corrected chi connectivity index (χ3v) is 5.10. The van der Waals surface area contributed by atoms with Gasteiger partial charge in [0, 0.05) is 30.7 Å². The van der Waals surface area contributed by atoms with E-state index < -0.39 is 6.04 Å². The number of benzene rings is 1. The Morgan fingerprint density at radius 2 is 1.75 bits per heavy atom. The summed E-state index contributed by atoms with van der Waals surface area (Å²) in [6.07, 6.45) is 4.45. The van der Waals surface area contributed by atoms with E-state index in [0.717, 1.165) is 12.8 Å². The van der Waals surface area contributed by atoms with Crippen LogP contribution >= 0.6 is 12.4 Å². The molecule has 2 heterocycles. The van der Waals surface area contributed by atoms with Crippen LogP contribution in [-0.4, -0.2) is 47.9 Å².